The second-order valence-corrected chi connectivity index (χ2v) is 4.06. The molecule has 1 aromatic rings. The molecule has 0 aliphatic heterocycles. The molecule has 1 aliphatic carbocycles. The van der Waals surface area contributed by atoms with E-state index in [0.717, 1.165) is 19.3 Å². The van der Waals surface area contributed by atoms with Crippen LogP contribution >= 0.6 is 0 Å². The van der Waals surface area contributed by atoms with Gasteiger partial charge in [0.05, 0.1) is 29.5 Å². The summed E-state index contributed by atoms with van der Waals surface area (Å²) in [5.74, 6) is -0.446. The largest absolute Gasteiger partial charge is 0.391 e. The number of anilines is 1. The minimum absolute atomic E-state index is 0.0811. The molecule has 2 rings (SSSR count). The zero-order valence-corrected chi connectivity index (χ0v) is 8.78. The van der Waals surface area contributed by atoms with Gasteiger partial charge in [-0.05, 0) is 37.5 Å². The first-order chi connectivity index (χ1) is 7.70. The van der Waals surface area contributed by atoms with Gasteiger partial charge in [-0.1, -0.05) is 0 Å². The van der Waals surface area contributed by atoms with Gasteiger partial charge in [0, 0.05) is 0 Å². The van der Waals surface area contributed by atoms with Crippen LogP contribution in [0, 0.1) is 17.1 Å². The Labute approximate surface area is 93.5 Å². The Morgan fingerprint density at radius 2 is 2.25 bits per heavy atom. The normalized spacial score (nSPS) is 24.1. The third-order valence-electron chi connectivity index (χ3n) is 2.92. The van der Waals surface area contributed by atoms with Crippen molar-refractivity contribution in [2.75, 3.05) is 5.32 Å². The molecule has 0 unspecified atom stereocenters. The Balaban J connectivity index is 2.13. The molecule has 2 N–H and O–H groups in total. The van der Waals surface area contributed by atoms with Crippen LogP contribution in [-0.4, -0.2) is 17.3 Å². The third-order valence-corrected chi connectivity index (χ3v) is 2.92. The minimum atomic E-state index is -0.446. The number of hydrogen-bond donors (Lipinski definition) is 2. The number of aliphatic hydroxyl groups is 1. The van der Waals surface area contributed by atoms with Crippen molar-refractivity contribution in [3.05, 3.63) is 29.6 Å². The summed E-state index contributed by atoms with van der Waals surface area (Å²) in [6.07, 6.45) is 2.16. The average molecular weight is 220 g/mol. The predicted molar refractivity (Wildman–Crippen MR) is 58.4 cm³/mol. The van der Waals surface area contributed by atoms with Crippen LogP contribution in [0.2, 0.25) is 0 Å². The maximum absolute atomic E-state index is 13.5. The van der Waals surface area contributed by atoms with E-state index in [4.69, 9.17) is 5.26 Å². The number of nitrogens with zero attached hydrogens (tertiary/aromatic N) is 1. The molecule has 0 spiro atoms. The van der Waals surface area contributed by atoms with Crippen LogP contribution in [0.25, 0.3) is 0 Å². The van der Waals surface area contributed by atoms with Crippen LogP contribution in [0.4, 0.5) is 10.1 Å². The molecule has 3 nitrogen and oxygen atoms in total. The molecule has 1 aromatic carbocycles. The van der Waals surface area contributed by atoms with Crippen molar-refractivity contribution in [3.63, 3.8) is 0 Å². The Morgan fingerprint density at radius 3 is 2.81 bits per heavy atom. The van der Waals surface area contributed by atoms with E-state index in [1.54, 1.807) is 12.1 Å². The van der Waals surface area contributed by atoms with Crippen molar-refractivity contribution in [3.8, 4) is 6.07 Å². The Morgan fingerprint density at radius 1 is 1.44 bits per heavy atom. The summed E-state index contributed by atoms with van der Waals surface area (Å²) in [6, 6.07) is 6.10. The van der Waals surface area contributed by atoms with Crippen molar-refractivity contribution >= 4 is 5.69 Å². The van der Waals surface area contributed by atoms with E-state index in [2.05, 4.69) is 5.32 Å². The fourth-order valence-corrected chi connectivity index (χ4v) is 2.01. The summed E-state index contributed by atoms with van der Waals surface area (Å²) in [4.78, 5) is 0. The number of hydrogen-bond acceptors (Lipinski definition) is 3. The molecule has 0 bridgehead atoms. The molecular formula is C12H13FN2O. The number of rotatable bonds is 2. The summed E-state index contributed by atoms with van der Waals surface area (Å²) in [6.45, 7) is 0. The van der Waals surface area contributed by atoms with Crippen molar-refractivity contribution in [1.29, 1.82) is 5.26 Å². The molecule has 0 aromatic heterocycles. The highest BCUT2D eigenvalue weighted by molar-refractivity contribution is 5.49. The fraction of sp³-hybridized carbons (Fsp3) is 0.417. The number of nitrogens with one attached hydrogen (secondary N) is 1. The monoisotopic (exact) mass is 220 g/mol. The quantitative estimate of drug-likeness (QED) is 0.801. The number of nitriles is 1. The molecule has 0 amide bonds. The van der Waals surface area contributed by atoms with Crippen LogP contribution in [-0.2, 0) is 0 Å². The van der Waals surface area contributed by atoms with Gasteiger partial charge in [-0.15, -0.1) is 0 Å². The Kier molecular flexibility index (Phi) is 3.07. The van der Waals surface area contributed by atoms with Crippen LogP contribution in [0.3, 0.4) is 0 Å². The Hall–Kier alpha value is -1.60. The second-order valence-electron chi connectivity index (χ2n) is 4.06. The highest BCUT2D eigenvalue weighted by Gasteiger charge is 2.25. The van der Waals surface area contributed by atoms with Gasteiger partial charge in [0.1, 0.15) is 5.82 Å². The summed E-state index contributed by atoms with van der Waals surface area (Å²) >= 11 is 0. The first kappa shape index (κ1) is 10.9. The van der Waals surface area contributed by atoms with Crippen molar-refractivity contribution in [2.45, 2.75) is 31.4 Å². The number of benzene rings is 1. The molecule has 4 heteroatoms. The number of halogens is 1. The summed E-state index contributed by atoms with van der Waals surface area (Å²) < 4.78 is 13.5. The molecule has 2 atom stereocenters. The zero-order chi connectivity index (χ0) is 11.5. The predicted octanol–water partition coefficient (Wildman–Crippen LogP) is 2.02. The minimum Gasteiger partial charge on any atom is -0.391 e. The molecule has 1 aliphatic rings. The molecule has 1 fully saturated rings. The highest BCUT2D eigenvalue weighted by Crippen LogP contribution is 2.24. The van der Waals surface area contributed by atoms with Crippen LogP contribution in [0.15, 0.2) is 18.2 Å². The molecule has 1 saturated carbocycles. The lowest BCUT2D eigenvalue weighted by Gasteiger charge is -2.18. The van der Waals surface area contributed by atoms with E-state index >= 15 is 0 Å². The molecule has 0 radical (unpaired) electrons. The first-order valence-electron chi connectivity index (χ1n) is 5.35. The lowest BCUT2D eigenvalue weighted by atomic mass is 10.1. The molecule has 84 valence electrons. The van der Waals surface area contributed by atoms with E-state index in [9.17, 15) is 9.50 Å². The topological polar surface area (TPSA) is 56.0 Å². The van der Waals surface area contributed by atoms with Gasteiger partial charge in [0.25, 0.3) is 0 Å². The van der Waals surface area contributed by atoms with E-state index < -0.39 is 11.9 Å². The third kappa shape index (κ3) is 2.15. The van der Waals surface area contributed by atoms with E-state index in [1.807, 2.05) is 6.07 Å². The molecule has 16 heavy (non-hydrogen) atoms. The fourth-order valence-electron chi connectivity index (χ4n) is 2.01. The second kappa shape index (κ2) is 4.50. The molecular weight excluding hydrogens is 207 g/mol. The molecule has 0 heterocycles. The van der Waals surface area contributed by atoms with E-state index in [-0.39, 0.29) is 6.04 Å². The standard InChI is InChI=1S/C12H13FN2O/c13-9-6-8(7-14)4-5-10(9)15-11-2-1-3-12(11)16/h4-6,11-12,15-16H,1-3H2/t11-,12-/m0/s1. The Bertz CT molecular complexity index is 428. The average Bonchev–Trinajstić information content (AvgIpc) is 2.67. The highest BCUT2D eigenvalue weighted by atomic mass is 19.1. The maximum Gasteiger partial charge on any atom is 0.147 e. The van der Waals surface area contributed by atoms with Crippen LogP contribution in [0.1, 0.15) is 24.8 Å². The van der Waals surface area contributed by atoms with Crippen LogP contribution in [0.5, 0.6) is 0 Å². The van der Waals surface area contributed by atoms with E-state index in [0.29, 0.717) is 11.3 Å². The zero-order valence-electron chi connectivity index (χ0n) is 8.78. The van der Waals surface area contributed by atoms with Gasteiger partial charge < -0.3 is 10.4 Å². The van der Waals surface area contributed by atoms with Gasteiger partial charge >= 0.3 is 0 Å². The van der Waals surface area contributed by atoms with Gasteiger partial charge in [-0.3, -0.25) is 0 Å². The van der Waals surface area contributed by atoms with Gasteiger partial charge in [-0.25, -0.2) is 4.39 Å². The summed E-state index contributed by atoms with van der Waals surface area (Å²) in [5.41, 5.74) is 0.653. The van der Waals surface area contributed by atoms with Gasteiger partial charge in [0.15, 0.2) is 0 Å². The van der Waals surface area contributed by atoms with Gasteiger partial charge in [-0.2, -0.15) is 5.26 Å². The number of aliphatic hydroxyl groups excluding tert-OH is 1. The lowest BCUT2D eigenvalue weighted by Crippen LogP contribution is -2.28. The van der Waals surface area contributed by atoms with Gasteiger partial charge in [0.2, 0.25) is 0 Å². The summed E-state index contributed by atoms with van der Waals surface area (Å²) in [7, 11) is 0. The smallest absolute Gasteiger partial charge is 0.147 e. The van der Waals surface area contributed by atoms with Crippen molar-refractivity contribution in [1.82, 2.24) is 0 Å². The van der Waals surface area contributed by atoms with Crippen molar-refractivity contribution in [2.24, 2.45) is 0 Å². The lowest BCUT2D eigenvalue weighted by molar-refractivity contribution is 0.171. The first-order valence-corrected chi connectivity index (χ1v) is 5.35. The van der Waals surface area contributed by atoms with E-state index in [1.165, 1.54) is 6.07 Å². The van der Waals surface area contributed by atoms with Crippen molar-refractivity contribution < 1.29 is 9.50 Å². The summed E-state index contributed by atoms with van der Waals surface area (Å²) in [5, 5.41) is 21.2. The van der Waals surface area contributed by atoms with Crippen LogP contribution < -0.4 is 5.32 Å². The maximum atomic E-state index is 13.5. The molecule has 0 saturated heterocycles. The SMILES string of the molecule is N#Cc1ccc(N[C@H]2CCC[C@@H]2O)c(F)c1.